The summed E-state index contributed by atoms with van der Waals surface area (Å²) in [6.45, 7) is 1.52. The molecular formula is C21H23FN2O3. The van der Waals surface area contributed by atoms with Gasteiger partial charge in [0.1, 0.15) is 5.82 Å². The number of urea groups is 1. The van der Waals surface area contributed by atoms with E-state index in [4.69, 9.17) is 0 Å². The van der Waals surface area contributed by atoms with E-state index in [-0.39, 0.29) is 18.1 Å². The fraction of sp³-hybridized carbons (Fsp3) is 0.333. The van der Waals surface area contributed by atoms with E-state index < -0.39 is 11.8 Å². The summed E-state index contributed by atoms with van der Waals surface area (Å²) < 4.78 is 19.2. The van der Waals surface area contributed by atoms with Crippen molar-refractivity contribution in [2.45, 2.75) is 25.8 Å². The van der Waals surface area contributed by atoms with Crippen LogP contribution in [-0.4, -0.2) is 37.1 Å². The van der Waals surface area contributed by atoms with Crippen molar-refractivity contribution in [3.63, 3.8) is 0 Å². The highest BCUT2D eigenvalue weighted by Gasteiger charge is 2.25. The number of hydrogen-bond acceptors (Lipinski definition) is 3. The zero-order chi connectivity index (χ0) is 19.2. The molecule has 0 aromatic heterocycles. The smallest absolute Gasteiger partial charge is 0.337 e. The first-order valence-corrected chi connectivity index (χ1v) is 9.08. The second-order valence-corrected chi connectivity index (χ2v) is 6.55. The van der Waals surface area contributed by atoms with Gasteiger partial charge in [0, 0.05) is 24.3 Å². The number of ether oxygens (including phenoxy) is 1. The van der Waals surface area contributed by atoms with Crippen molar-refractivity contribution in [2.75, 3.05) is 25.1 Å². The minimum absolute atomic E-state index is 0.0899. The molecule has 3 rings (SSSR count). The number of carbonyl (C=O) groups is 2. The number of methoxy groups -OCH3 is 1. The number of carbonyl (C=O) groups excluding carboxylic acids is 2. The number of amides is 2. The van der Waals surface area contributed by atoms with Crippen molar-refractivity contribution in [2.24, 2.45) is 0 Å². The third-order valence-corrected chi connectivity index (χ3v) is 4.73. The molecule has 2 aromatic rings. The van der Waals surface area contributed by atoms with Crippen LogP contribution in [0.1, 0.15) is 35.2 Å². The minimum atomic E-state index is -0.593. The van der Waals surface area contributed by atoms with Crippen LogP contribution in [0.4, 0.5) is 14.9 Å². The SMILES string of the molecule is COC(=O)c1ccc(CN(C(=O)N2CCCCC2)c2ccccc2)c(F)c1. The van der Waals surface area contributed by atoms with Gasteiger partial charge in [0.2, 0.25) is 0 Å². The number of nitrogens with zero attached hydrogens (tertiary/aromatic N) is 2. The molecular weight excluding hydrogens is 347 g/mol. The molecule has 0 bridgehead atoms. The number of halogens is 1. The van der Waals surface area contributed by atoms with Gasteiger partial charge >= 0.3 is 12.0 Å². The molecule has 0 N–H and O–H groups in total. The lowest BCUT2D eigenvalue weighted by Crippen LogP contribution is -2.45. The predicted octanol–water partition coefficient (Wildman–Crippen LogP) is 4.22. The summed E-state index contributed by atoms with van der Waals surface area (Å²) in [5, 5.41) is 0. The average Bonchev–Trinajstić information content (AvgIpc) is 2.73. The number of rotatable bonds is 4. The maximum Gasteiger partial charge on any atom is 0.337 e. The molecule has 1 aliphatic rings. The Morgan fingerprint density at radius 3 is 2.41 bits per heavy atom. The quantitative estimate of drug-likeness (QED) is 0.757. The van der Waals surface area contributed by atoms with Gasteiger partial charge in [-0.15, -0.1) is 0 Å². The van der Waals surface area contributed by atoms with Gasteiger partial charge in [-0.3, -0.25) is 4.90 Å². The Morgan fingerprint density at radius 1 is 1.07 bits per heavy atom. The molecule has 2 amide bonds. The maximum atomic E-state index is 14.6. The van der Waals surface area contributed by atoms with Gasteiger partial charge in [0.15, 0.2) is 0 Å². The van der Waals surface area contributed by atoms with Crippen LogP contribution in [0.25, 0.3) is 0 Å². The normalized spacial score (nSPS) is 13.9. The Labute approximate surface area is 158 Å². The first-order chi connectivity index (χ1) is 13.1. The van der Waals surface area contributed by atoms with Gasteiger partial charge in [-0.05, 0) is 43.5 Å². The summed E-state index contributed by atoms with van der Waals surface area (Å²) in [5.74, 6) is -1.13. The van der Waals surface area contributed by atoms with Crippen molar-refractivity contribution in [3.8, 4) is 0 Å². The summed E-state index contributed by atoms with van der Waals surface area (Å²) in [6.07, 6.45) is 3.09. The first kappa shape index (κ1) is 18.9. The van der Waals surface area contributed by atoms with Crippen LogP contribution in [0, 0.1) is 5.82 Å². The van der Waals surface area contributed by atoms with E-state index in [0.29, 0.717) is 24.3 Å². The lowest BCUT2D eigenvalue weighted by Gasteiger charge is -2.33. The number of anilines is 1. The summed E-state index contributed by atoms with van der Waals surface area (Å²) in [6, 6.07) is 13.3. The summed E-state index contributed by atoms with van der Waals surface area (Å²) in [5.41, 5.74) is 1.20. The van der Waals surface area contributed by atoms with Crippen molar-refractivity contribution < 1.29 is 18.7 Å². The van der Waals surface area contributed by atoms with E-state index in [1.165, 1.54) is 19.2 Å². The van der Waals surface area contributed by atoms with Gasteiger partial charge < -0.3 is 9.64 Å². The highest BCUT2D eigenvalue weighted by Crippen LogP contribution is 2.22. The van der Waals surface area contributed by atoms with Crippen LogP contribution in [-0.2, 0) is 11.3 Å². The highest BCUT2D eigenvalue weighted by atomic mass is 19.1. The zero-order valence-electron chi connectivity index (χ0n) is 15.4. The standard InChI is InChI=1S/C21H23FN2O3/c1-27-20(25)16-10-11-17(19(22)14-16)15-24(18-8-4-2-5-9-18)21(26)23-12-6-3-7-13-23/h2,4-5,8-11,14H,3,6-7,12-13,15H2,1H3. The molecule has 0 aliphatic carbocycles. The van der Waals surface area contributed by atoms with Crippen molar-refractivity contribution in [1.82, 2.24) is 4.90 Å². The van der Waals surface area contributed by atoms with E-state index in [9.17, 15) is 14.0 Å². The average molecular weight is 370 g/mol. The maximum absolute atomic E-state index is 14.6. The number of likely N-dealkylation sites (tertiary alicyclic amines) is 1. The van der Waals surface area contributed by atoms with Crippen molar-refractivity contribution in [3.05, 3.63) is 65.5 Å². The van der Waals surface area contributed by atoms with E-state index in [1.807, 2.05) is 35.2 Å². The Morgan fingerprint density at radius 2 is 1.78 bits per heavy atom. The molecule has 0 spiro atoms. The molecule has 0 saturated carbocycles. The highest BCUT2D eigenvalue weighted by molar-refractivity contribution is 5.92. The molecule has 0 radical (unpaired) electrons. The van der Waals surface area contributed by atoms with Crippen molar-refractivity contribution in [1.29, 1.82) is 0 Å². The second-order valence-electron chi connectivity index (χ2n) is 6.55. The van der Waals surface area contributed by atoms with Crippen LogP contribution >= 0.6 is 0 Å². The monoisotopic (exact) mass is 370 g/mol. The van der Waals surface area contributed by atoms with Crippen LogP contribution in [0.5, 0.6) is 0 Å². The van der Waals surface area contributed by atoms with Crippen molar-refractivity contribution >= 4 is 17.7 Å². The van der Waals surface area contributed by atoms with E-state index in [2.05, 4.69) is 4.74 Å². The molecule has 1 aliphatic heterocycles. The summed E-state index contributed by atoms with van der Waals surface area (Å²) in [4.78, 5) is 28.1. The molecule has 27 heavy (non-hydrogen) atoms. The van der Waals surface area contributed by atoms with Gasteiger partial charge in [-0.2, -0.15) is 0 Å². The van der Waals surface area contributed by atoms with E-state index in [1.54, 1.807) is 4.90 Å². The molecule has 1 fully saturated rings. The summed E-state index contributed by atoms with van der Waals surface area (Å²) in [7, 11) is 1.25. The lowest BCUT2D eigenvalue weighted by atomic mass is 10.1. The largest absolute Gasteiger partial charge is 0.465 e. The molecule has 142 valence electrons. The number of hydrogen-bond donors (Lipinski definition) is 0. The third-order valence-electron chi connectivity index (χ3n) is 4.73. The van der Waals surface area contributed by atoms with E-state index >= 15 is 0 Å². The lowest BCUT2D eigenvalue weighted by molar-refractivity contribution is 0.0600. The molecule has 0 unspecified atom stereocenters. The van der Waals surface area contributed by atoms with Gasteiger partial charge in [0.05, 0.1) is 19.2 Å². The minimum Gasteiger partial charge on any atom is -0.465 e. The predicted molar refractivity (Wildman–Crippen MR) is 101 cm³/mol. The van der Waals surface area contributed by atoms with Gasteiger partial charge in [-0.1, -0.05) is 24.3 Å². The molecule has 0 atom stereocenters. The summed E-state index contributed by atoms with van der Waals surface area (Å²) >= 11 is 0. The van der Waals surface area contributed by atoms with Crippen LogP contribution in [0.2, 0.25) is 0 Å². The fourth-order valence-electron chi connectivity index (χ4n) is 3.22. The molecule has 6 heteroatoms. The number of para-hydroxylation sites is 1. The Kier molecular flexibility index (Phi) is 6.06. The number of esters is 1. The molecule has 1 heterocycles. The molecule has 2 aromatic carbocycles. The Bertz CT molecular complexity index is 804. The molecule has 1 saturated heterocycles. The van der Waals surface area contributed by atoms with Crippen LogP contribution in [0.15, 0.2) is 48.5 Å². The van der Waals surface area contributed by atoms with E-state index in [0.717, 1.165) is 25.3 Å². The Hall–Kier alpha value is -2.89. The van der Waals surface area contributed by atoms with Gasteiger partial charge in [-0.25, -0.2) is 14.0 Å². The third kappa shape index (κ3) is 4.45. The fourth-order valence-corrected chi connectivity index (χ4v) is 3.22. The van der Waals surface area contributed by atoms with Crippen LogP contribution < -0.4 is 4.90 Å². The van der Waals surface area contributed by atoms with Gasteiger partial charge in [0.25, 0.3) is 0 Å². The first-order valence-electron chi connectivity index (χ1n) is 9.08. The topological polar surface area (TPSA) is 49.9 Å². The molecule has 5 nitrogen and oxygen atoms in total. The van der Waals surface area contributed by atoms with Crippen LogP contribution in [0.3, 0.4) is 0 Å². The number of benzene rings is 2. The number of piperidine rings is 1. The Balaban J connectivity index is 1.87. The zero-order valence-corrected chi connectivity index (χ0v) is 15.4. The second kappa shape index (κ2) is 8.66.